The van der Waals surface area contributed by atoms with Crippen LogP contribution in [-0.2, 0) is 4.74 Å². The first-order valence-corrected chi connectivity index (χ1v) is 9.74. The number of hydrogen-bond acceptors (Lipinski definition) is 3. The largest absolute Gasteiger partial charge is 0.389 e. The first-order valence-electron chi connectivity index (χ1n) is 9.74. The Morgan fingerprint density at radius 1 is 1.13 bits per heavy atom. The highest BCUT2D eigenvalue weighted by Crippen LogP contribution is 2.66. The summed E-state index contributed by atoms with van der Waals surface area (Å²) in [6, 6.07) is 0. The van der Waals surface area contributed by atoms with Gasteiger partial charge in [0.25, 0.3) is 0 Å². The van der Waals surface area contributed by atoms with Crippen molar-refractivity contribution >= 4 is 0 Å². The van der Waals surface area contributed by atoms with Crippen molar-refractivity contribution in [1.29, 1.82) is 0 Å². The van der Waals surface area contributed by atoms with E-state index in [2.05, 4.69) is 39.5 Å². The van der Waals surface area contributed by atoms with E-state index in [1.54, 1.807) is 0 Å². The lowest BCUT2D eigenvalue weighted by atomic mass is 9.70. The van der Waals surface area contributed by atoms with E-state index >= 15 is 0 Å². The molecule has 3 aliphatic rings. The molecule has 3 fully saturated rings. The fourth-order valence-electron chi connectivity index (χ4n) is 5.90. The van der Waals surface area contributed by atoms with Crippen LogP contribution in [0.1, 0.15) is 60.3 Å². The van der Waals surface area contributed by atoms with Crippen LogP contribution in [0.25, 0.3) is 0 Å². The number of ether oxygens (including phenoxy) is 1. The van der Waals surface area contributed by atoms with Crippen LogP contribution >= 0.6 is 0 Å². The molecular weight excluding hydrogens is 286 g/mol. The lowest BCUT2D eigenvalue weighted by Crippen LogP contribution is -2.44. The van der Waals surface area contributed by atoms with Gasteiger partial charge in [-0.1, -0.05) is 34.6 Å². The minimum Gasteiger partial charge on any atom is -0.389 e. The van der Waals surface area contributed by atoms with E-state index in [-0.39, 0.29) is 6.10 Å². The summed E-state index contributed by atoms with van der Waals surface area (Å²) < 4.78 is 6.26. The van der Waals surface area contributed by atoms with E-state index in [1.807, 2.05) is 0 Å². The topological polar surface area (TPSA) is 32.7 Å². The first kappa shape index (κ1) is 17.7. The maximum Gasteiger partial charge on any atom is 0.0900 e. The number of rotatable bonds is 5. The van der Waals surface area contributed by atoms with Gasteiger partial charge in [-0.05, 0) is 54.3 Å². The lowest BCUT2D eigenvalue weighted by molar-refractivity contribution is -0.0813. The van der Waals surface area contributed by atoms with Crippen molar-refractivity contribution in [3.05, 3.63) is 0 Å². The Labute approximate surface area is 142 Å². The third-order valence-electron chi connectivity index (χ3n) is 7.62. The third kappa shape index (κ3) is 3.21. The predicted octanol–water partition coefficient (Wildman–Crippen LogP) is 3.56. The molecule has 2 bridgehead atoms. The molecule has 6 atom stereocenters. The fourth-order valence-corrected chi connectivity index (χ4v) is 5.90. The Balaban J connectivity index is 1.48. The summed E-state index contributed by atoms with van der Waals surface area (Å²) >= 11 is 0. The van der Waals surface area contributed by atoms with Crippen molar-refractivity contribution in [2.75, 3.05) is 26.2 Å². The van der Waals surface area contributed by atoms with Crippen molar-refractivity contribution in [1.82, 2.24) is 4.90 Å². The molecule has 0 spiro atoms. The minimum absolute atomic E-state index is 0.297. The van der Waals surface area contributed by atoms with Crippen molar-refractivity contribution in [2.24, 2.45) is 28.6 Å². The highest BCUT2D eigenvalue weighted by Gasteiger charge is 2.61. The maximum atomic E-state index is 10.5. The van der Waals surface area contributed by atoms with Gasteiger partial charge in [0.15, 0.2) is 0 Å². The van der Waals surface area contributed by atoms with Crippen molar-refractivity contribution < 1.29 is 9.84 Å². The number of fused-ring (bicyclic) bond motifs is 2. The van der Waals surface area contributed by atoms with Gasteiger partial charge < -0.3 is 14.7 Å². The summed E-state index contributed by atoms with van der Waals surface area (Å²) in [5.41, 5.74) is 0.686. The molecule has 2 aliphatic carbocycles. The van der Waals surface area contributed by atoms with Crippen molar-refractivity contribution in [3.8, 4) is 0 Å². The highest BCUT2D eigenvalue weighted by atomic mass is 16.5. The second-order valence-corrected chi connectivity index (χ2v) is 9.75. The summed E-state index contributed by atoms with van der Waals surface area (Å²) in [7, 11) is 0. The number of aliphatic hydroxyl groups excluding tert-OH is 1. The summed E-state index contributed by atoms with van der Waals surface area (Å²) in [6.07, 6.45) is 5.14. The molecule has 1 heterocycles. The summed E-state index contributed by atoms with van der Waals surface area (Å²) in [4.78, 5) is 2.43. The molecule has 0 unspecified atom stereocenters. The monoisotopic (exact) mass is 323 g/mol. The van der Waals surface area contributed by atoms with Crippen LogP contribution in [0.4, 0.5) is 0 Å². The van der Waals surface area contributed by atoms with Crippen LogP contribution in [0.5, 0.6) is 0 Å². The predicted molar refractivity (Wildman–Crippen MR) is 94.4 cm³/mol. The maximum absolute atomic E-state index is 10.5. The fraction of sp³-hybridized carbons (Fsp3) is 1.00. The molecule has 134 valence electrons. The van der Waals surface area contributed by atoms with Gasteiger partial charge in [0.05, 0.1) is 18.8 Å². The van der Waals surface area contributed by atoms with Crippen LogP contribution in [0.15, 0.2) is 0 Å². The number of hydrogen-bond donors (Lipinski definition) is 1. The number of β-amino-alcohol motifs (C(OH)–C–C–N with tert-alkyl or cyclic N) is 1. The van der Waals surface area contributed by atoms with Gasteiger partial charge in [-0.2, -0.15) is 0 Å². The first-order chi connectivity index (χ1) is 10.7. The third-order valence-corrected chi connectivity index (χ3v) is 7.62. The van der Waals surface area contributed by atoms with E-state index in [0.717, 1.165) is 37.4 Å². The second kappa shape index (κ2) is 6.31. The van der Waals surface area contributed by atoms with Crippen molar-refractivity contribution in [3.63, 3.8) is 0 Å². The van der Waals surface area contributed by atoms with Gasteiger partial charge in [-0.3, -0.25) is 0 Å². The molecule has 1 N–H and O–H groups in total. The van der Waals surface area contributed by atoms with Gasteiger partial charge in [-0.15, -0.1) is 0 Å². The normalized spacial score (nSPS) is 44.6. The van der Waals surface area contributed by atoms with E-state index in [9.17, 15) is 5.11 Å². The van der Waals surface area contributed by atoms with Crippen LogP contribution in [0.2, 0.25) is 0 Å². The molecule has 3 nitrogen and oxygen atoms in total. The Hall–Kier alpha value is -0.120. The van der Waals surface area contributed by atoms with Gasteiger partial charge in [0, 0.05) is 19.6 Å². The molecule has 23 heavy (non-hydrogen) atoms. The molecular formula is C20H37NO2. The van der Waals surface area contributed by atoms with E-state index in [1.165, 1.54) is 25.7 Å². The lowest BCUT2D eigenvalue weighted by Gasteiger charge is -2.39. The smallest absolute Gasteiger partial charge is 0.0900 e. The molecule has 2 saturated carbocycles. The zero-order valence-electron chi connectivity index (χ0n) is 15.8. The Morgan fingerprint density at radius 2 is 1.78 bits per heavy atom. The quantitative estimate of drug-likeness (QED) is 0.840. The zero-order chi connectivity index (χ0) is 16.8. The molecule has 3 rings (SSSR count). The Morgan fingerprint density at radius 3 is 2.30 bits per heavy atom. The van der Waals surface area contributed by atoms with E-state index in [0.29, 0.717) is 23.5 Å². The SMILES string of the molecule is C[C@H]1C[C@H](C)CN(C[C@H](O)CO[C@@H]2C[C@@H]3CC[C@]2(C)C3(C)C)C1. The van der Waals surface area contributed by atoms with Crippen LogP contribution < -0.4 is 0 Å². The van der Waals surface area contributed by atoms with Gasteiger partial charge in [-0.25, -0.2) is 0 Å². The molecule has 3 heteroatoms. The number of nitrogens with zero attached hydrogens (tertiary/aromatic N) is 1. The molecule has 1 aliphatic heterocycles. The second-order valence-electron chi connectivity index (χ2n) is 9.75. The summed E-state index contributed by atoms with van der Waals surface area (Å²) in [5, 5.41) is 10.5. The molecule has 0 radical (unpaired) electrons. The van der Waals surface area contributed by atoms with E-state index < -0.39 is 0 Å². The number of piperidine rings is 1. The Bertz CT molecular complexity index is 414. The van der Waals surface area contributed by atoms with Gasteiger partial charge in [0.2, 0.25) is 0 Å². The number of aliphatic hydroxyl groups is 1. The average molecular weight is 324 g/mol. The minimum atomic E-state index is -0.349. The molecule has 0 amide bonds. The molecule has 0 aromatic heterocycles. The van der Waals surface area contributed by atoms with Crippen LogP contribution in [0.3, 0.4) is 0 Å². The van der Waals surface area contributed by atoms with Crippen molar-refractivity contribution in [2.45, 2.75) is 72.5 Å². The van der Waals surface area contributed by atoms with Gasteiger partial charge >= 0.3 is 0 Å². The number of likely N-dealkylation sites (tertiary alicyclic amines) is 1. The Kier molecular flexibility index (Phi) is 4.85. The molecule has 0 aromatic rings. The average Bonchev–Trinajstić information content (AvgIpc) is 2.76. The highest BCUT2D eigenvalue weighted by molar-refractivity contribution is 5.11. The summed E-state index contributed by atoms with van der Waals surface area (Å²) in [5.74, 6) is 2.30. The zero-order valence-corrected chi connectivity index (χ0v) is 15.8. The molecule has 0 aromatic carbocycles. The standard InChI is InChI=1S/C20H37NO2/c1-14-8-15(2)11-21(10-14)12-17(22)13-23-18-9-16-6-7-20(18,5)19(16,3)4/h14-18,22H,6-13H2,1-5H3/t14-,15-,16-,17-,18+,20-/m0/s1. The summed E-state index contributed by atoms with van der Waals surface area (Å²) in [6.45, 7) is 15.4. The van der Waals surface area contributed by atoms with E-state index in [4.69, 9.17) is 4.74 Å². The molecule has 1 saturated heterocycles. The van der Waals surface area contributed by atoms with Crippen LogP contribution in [-0.4, -0.2) is 48.5 Å². The van der Waals surface area contributed by atoms with Crippen LogP contribution in [0, 0.1) is 28.6 Å². The van der Waals surface area contributed by atoms with Gasteiger partial charge in [0.1, 0.15) is 0 Å².